The van der Waals surface area contributed by atoms with Gasteiger partial charge in [0.05, 0.1) is 17.9 Å². The van der Waals surface area contributed by atoms with Gasteiger partial charge in [0.25, 0.3) is 0 Å². The normalized spacial score (nSPS) is 11.4. The van der Waals surface area contributed by atoms with Gasteiger partial charge in [-0.1, -0.05) is 51.8 Å². The summed E-state index contributed by atoms with van der Waals surface area (Å²) >= 11 is 5.70. The second kappa shape index (κ2) is 9.92. The lowest BCUT2D eigenvalue weighted by molar-refractivity contribution is -0.132. The molecule has 0 saturated carbocycles. The number of unbranched alkanes of at least 4 members (excludes halogenated alkanes) is 1. The molecule has 0 radical (unpaired) electrons. The van der Waals surface area contributed by atoms with Crippen molar-refractivity contribution < 1.29 is 9.59 Å². The van der Waals surface area contributed by atoms with Crippen LogP contribution in [0.15, 0.2) is 30.3 Å². The van der Waals surface area contributed by atoms with E-state index in [4.69, 9.17) is 16.7 Å². The number of nitrogens with one attached hydrogen (secondary N) is 1. The Kier molecular flexibility index (Phi) is 7.85. The number of carbonyl (C=O) groups excluding carboxylic acids is 2. The lowest BCUT2D eigenvalue weighted by atomic mass is 9.92. The van der Waals surface area contributed by atoms with Crippen LogP contribution >= 0.6 is 11.6 Å². The van der Waals surface area contributed by atoms with Crippen LogP contribution in [0.25, 0.3) is 5.69 Å². The van der Waals surface area contributed by atoms with Gasteiger partial charge < -0.3 is 10.2 Å². The monoisotopic (exact) mass is 418 g/mol. The maximum Gasteiger partial charge on any atom is 0.245 e. The van der Waals surface area contributed by atoms with E-state index in [1.54, 1.807) is 4.68 Å². The standard InChI is InChI=1S/C22H31ClN4O2/c1-6-7-12-26(21(29)14-23)15-20(28)24-19-13-18(22(3,4)5)25-27(19)17-10-8-16(2)9-11-17/h8-11,13H,6-7,12,14-15H2,1-5H3,(H,24,28). The molecular weight excluding hydrogens is 388 g/mol. The molecule has 0 aliphatic carbocycles. The lowest BCUT2D eigenvalue weighted by Gasteiger charge is -2.21. The minimum Gasteiger partial charge on any atom is -0.332 e. The van der Waals surface area contributed by atoms with Gasteiger partial charge in [-0.3, -0.25) is 9.59 Å². The minimum absolute atomic E-state index is 0.0323. The van der Waals surface area contributed by atoms with Gasteiger partial charge in [-0.05, 0) is 25.5 Å². The molecule has 2 aromatic rings. The molecule has 2 rings (SSSR count). The molecule has 0 fully saturated rings. The first-order valence-electron chi connectivity index (χ1n) is 9.97. The van der Waals surface area contributed by atoms with Gasteiger partial charge in [0, 0.05) is 18.0 Å². The maximum absolute atomic E-state index is 12.7. The second-order valence-corrected chi connectivity index (χ2v) is 8.53. The van der Waals surface area contributed by atoms with Crippen molar-refractivity contribution in [2.75, 3.05) is 24.3 Å². The molecule has 0 aliphatic rings. The summed E-state index contributed by atoms with van der Waals surface area (Å²) in [6.07, 6.45) is 1.76. The van der Waals surface area contributed by atoms with Crippen molar-refractivity contribution in [1.29, 1.82) is 0 Å². The number of halogens is 1. The molecule has 0 aliphatic heterocycles. The topological polar surface area (TPSA) is 67.2 Å². The van der Waals surface area contributed by atoms with Crippen LogP contribution in [0.3, 0.4) is 0 Å². The summed E-state index contributed by atoms with van der Waals surface area (Å²) in [7, 11) is 0. The number of carbonyl (C=O) groups is 2. The predicted molar refractivity (Wildman–Crippen MR) is 118 cm³/mol. The number of amides is 2. The minimum atomic E-state index is -0.270. The third kappa shape index (κ3) is 6.32. The average molecular weight is 419 g/mol. The van der Waals surface area contributed by atoms with Crippen LogP contribution in [0.5, 0.6) is 0 Å². The fraction of sp³-hybridized carbons (Fsp3) is 0.500. The third-order valence-corrected chi connectivity index (χ3v) is 4.84. The summed E-state index contributed by atoms with van der Waals surface area (Å²) < 4.78 is 1.73. The summed E-state index contributed by atoms with van der Waals surface area (Å²) in [6.45, 7) is 10.8. The Morgan fingerprint density at radius 2 is 1.86 bits per heavy atom. The molecule has 0 unspecified atom stereocenters. The first-order chi connectivity index (χ1) is 13.7. The molecule has 0 atom stereocenters. The summed E-state index contributed by atoms with van der Waals surface area (Å²) in [5.41, 5.74) is 2.71. The van der Waals surface area contributed by atoms with Gasteiger partial charge in [0.2, 0.25) is 11.8 Å². The number of aromatic nitrogens is 2. The lowest BCUT2D eigenvalue weighted by Crippen LogP contribution is -2.39. The van der Waals surface area contributed by atoms with Gasteiger partial charge in [-0.15, -0.1) is 11.6 Å². The van der Waals surface area contributed by atoms with Gasteiger partial charge in [0.1, 0.15) is 11.7 Å². The Morgan fingerprint density at radius 1 is 1.21 bits per heavy atom. The number of aryl methyl sites for hydroxylation is 1. The van der Waals surface area contributed by atoms with E-state index < -0.39 is 0 Å². The Labute approximate surface area is 178 Å². The molecule has 1 aromatic heterocycles. The van der Waals surface area contributed by atoms with Crippen LogP contribution in [0.2, 0.25) is 0 Å². The molecule has 1 N–H and O–H groups in total. The predicted octanol–water partition coefficient (Wildman–Crippen LogP) is 4.28. The van der Waals surface area contributed by atoms with Crippen LogP contribution < -0.4 is 5.32 Å². The summed E-state index contributed by atoms with van der Waals surface area (Å²) in [5.74, 6) is -0.0598. The van der Waals surface area contributed by atoms with Gasteiger partial charge in [-0.2, -0.15) is 5.10 Å². The molecule has 7 heteroatoms. The molecule has 2 amide bonds. The van der Waals surface area contributed by atoms with E-state index in [1.807, 2.05) is 44.2 Å². The highest BCUT2D eigenvalue weighted by Gasteiger charge is 2.22. The van der Waals surface area contributed by atoms with Crippen molar-refractivity contribution in [2.24, 2.45) is 0 Å². The molecule has 0 bridgehead atoms. The zero-order valence-electron chi connectivity index (χ0n) is 18.0. The third-order valence-electron chi connectivity index (χ3n) is 4.61. The molecule has 158 valence electrons. The van der Waals surface area contributed by atoms with E-state index in [2.05, 4.69) is 26.1 Å². The quantitative estimate of drug-likeness (QED) is 0.650. The van der Waals surface area contributed by atoms with Crippen LogP contribution in [0, 0.1) is 6.92 Å². The molecule has 1 heterocycles. The number of anilines is 1. The molecule has 1 aromatic carbocycles. The largest absolute Gasteiger partial charge is 0.332 e. The SMILES string of the molecule is CCCCN(CC(=O)Nc1cc(C(C)(C)C)nn1-c1ccc(C)cc1)C(=O)CCl. The summed E-state index contributed by atoms with van der Waals surface area (Å²) in [6, 6.07) is 9.83. The van der Waals surface area contributed by atoms with Crippen molar-refractivity contribution in [1.82, 2.24) is 14.7 Å². The van der Waals surface area contributed by atoms with Gasteiger partial charge in [0.15, 0.2) is 0 Å². The zero-order chi connectivity index (χ0) is 21.6. The number of rotatable bonds is 8. The second-order valence-electron chi connectivity index (χ2n) is 8.26. The van der Waals surface area contributed by atoms with Crippen LogP contribution in [-0.4, -0.2) is 45.5 Å². The zero-order valence-corrected chi connectivity index (χ0v) is 18.7. The Balaban J connectivity index is 2.27. The van der Waals surface area contributed by atoms with E-state index in [1.165, 1.54) is 4.90 Å². The molecular formula is C22H31ClN4O2. The molecule has 6 nitrogen and oxygen atoms in total. The van der Waals surface area contributed by atoms with E-state index in [-0.39, 0.29) is 29.7 Å². The Hall–Kier alpha value is -2.34. The molecule has 0 saturated heterocycles. The van der Waals surface area contributed by atoms with Gasteiger partial charge in [-0.25, -0.2) is 4.68 Å². The first-order valence-corrected chi connectivity index (χ1v) is 10.5. The number of hydrogen-bond acceptors (Lipinski definition) is 3. The number of nitrogens with zero attached hydrogens (tertiary/aromatic N) is 3. The van der Waals surface area contributed by atoms with E-state index in [0.29, 0.717) is 12.4 Å². The van der Waals surface area contributed by atoms with Crippen molar-refractivity contribution in [3.63, 3.8) is 0 Å². The van der Waals surface area contributed by atoms with E-state index >= 15 is 0 Å². The molecule has 29 heavy (non-hydrogen) atoms. The Bertz CT molecular complexity index is 837. The van der Waals surface area contributed by atoms with Crippen LogP contribution in [-0.2, 0) is 15.0 Å². The summed E-state index contributed by atoms with van der Waals surface area (Å²) in [5, 5.41) is 7.64. The molecule has 0 spiro atoms. The highest BCUT2D eigenvalue weighted by Crippen LogP contribution is 2.26. The first kappa shape index (κ1) is 22.9. The smallest absolute Gasteiger partial charge is 0.245 e. The van der Waals surface area contributed by atoms with Crippen LogP contribution in [0.1, 0.15) is 51.8 Å². The number of benzene rings is 1. The van der Waals surface area contributed by atoms with Crippen molar-refractivity contribution >= 4 is 29.2 Å². The number of hydrogen-bond donors (Lipinski definition) is 1. The number of alkyl halides is 1. The highest BCUT2D eigenvalue weighted by atomic mass is 35.5. The fourth-order valence-corrected chi connectivity index (χ4v) is 2.97. The highest BCUT2D eigenvalue weighted by molar-refractivity contribution is 6.27. The van der Waals surface area contributed by atoms with E-state index in [9.17, 15) is 9.59 Å². The Morgan fingerprint density at radius 3 is 2.41 bits per heavy atom. The maximum atomic E-state index is 12.7. The fourth-order valence-electron chi connectivity index (χ4n) is 2.80. The summed E-state index contributed by atoms with van der Waals surface area (Å²) in [4.78, 5) is 26.3. The van der Waals surface area contributed by atoms with Crippen LogP contribution in [0.4, 0.5) is 5.82 Å². The van der Waals surface area contributed by atoms with Crippen molar-refractivity contribution in [2.45, 2.75) is 52.9 Å². The van der Waals surface area contributed by atoms with Crippen molar-refractivity contribution in [3.05, 3.63) is 41.6 Å². The van der Waals surface area contributed by atoms with Crippen molar-refractivity contribution in [3.8, 4) is 5.69 Å². The average Bonchev–Trinajstić information content (AvgIpc) is 3.09. The van der Waals surface area contributed by atoms with Gasteiger partial charge >= 0.3 is 0 Å². The van der Waals surface area contributed by atoms with E-state index in [0.717, 1.165) is 29.8 Å².